The molecule has 2 N–H and O–H groups in total. The first-order valence-corrected chi connectivity index (χ1v) is 11.8. The summed E-state index contributed by atoms with van der Waals surface area (Å²) in [5, 5.41) is 14.2. The maximum Gasteiger partial charge on any atom is 0.355 e. The predicted octanol–water partition coefficient (Wildman–Crippen LogP) is 3.34. The Morgan fingerprint density at radius 2 is 1.82 bits per heavy atom. The molecular formula is C28H26FN5O5. The lowest BCUT2D eigenvalue weighted by atomic mass is 9.81. The van der Waals surface area contributed by atoms with Crippen molar-refractivity contribution in [3.05, 3.63) is 100 Å². The Morgan fingerprint density at radius 1 is 1.13 bits per heavy atom. The number of nitrogens with zero attached hydrogens (tertiary/aromatic N) is 4. The van der Waals surface area contributed by atoms with Gasteiger partial charge in [-0.1, -0.05) is 30.3 Å². The van der Waals surface area contributed by atoms with Gasteiger partial charge in [-0.25, -0.2) is 14.0 Å². The van der Waals surface area contributed by atoms with E-state index in [-0.39, 0.29) is 40.7 Å². The lowest BCUT2D eigenvalue weighted by molar-refractivity contribution is -0.139. The molecule has 1 unspecified atom stereocenters. The van der Waals surface area contributed by atoms with Crippen LogP contribution in [0.2, 0.25) is 0 Å². The second-order valence-corrected chi connectivity index (χ2v) is 8.62. The molecular weight excluding hydrogens is 505 g/mol. The van der Waals surface area contributed by atoms with Gasteiger partial charge in [0.2, 0.25) is 0 Å². The van der Waals surface area contributed by atoms with Crippen molar-refractivity contribution >= 4 is 17.6 Å². The molecule has 0 amide bonds. The summed E-state index contributed by atoms with van der Waals surface area (Å²) in [5.41, 5.74) is 8.20. The topological polar surface area (TPSA) is 133 Å². The molecule has 1 atom stereocenters. The fraction of sp³-hybridized carbons (Fsp3) is 0.214. The molecule has 0 spiro atoms. The third-order valence-corrected chi connectivity index (χ3v) is 6.50. The van der Waals surface area contributed by atoms with Crippen LogP contribution in [0.4, 0.5) is 10.1 Å². The fourth-order valence-electron chi connectivity index (χ4n) is 4.37. The molecule has 0 saturated heterocycles. The minimum absolute atomic E-state index is 0.0259. The van der Waals surface area contributed by atoms with Crippen molar-refractivity contribution in [2.45, 2.75) is 19.4 Å². The van der Waals surface area contributed by atoms with Gasteiger partial charge in [0.05, 0.1) is 49.2 Å². The highest BCUT2D eigenvalue weighted by Crippen LogP contribution is 2.43. The number of ether oxygens (including phenoxy) is 3. The number of carbonyl (C=O) groups excluding carboxylic acids is 2. The molecule has 3 aromatic rings. The molecule has 4 rings (SSSR count). The number of anilines is 1. The fourth-order valence-corrected chi connectivity index (χ4v) is 4.37. The first kappa shape index (κ1) is 26.9. The third-order valence-electron chi connectivity index (χ3n) is 6.50. The van der Waals surface area contributed by atoms with Crippen LogP contribution in [0.3, 0.4) is 0 Å². The largest absolute Gasteiger partial charge is 0.486 e. The van der Waals surface area contributed by atoms with Crippen molar-refractivity contribution in [1.29, 1.82) is 5.26 Å². The Labute approximate surface area is 224 Å². The first-order valence-electron chi connectivity index (χ1n) is 11.8. The summed E-state index contributed by atoms with van der Waals surface area (Å²) in [6, 6.07) is 14.6. The monoisotopic (exact) mass is 531 g/mol. The Hall–Kier alpha value is -5.11. The Morgan fingerprint density at radius 3 is 2.38 bits per heavy atom. The van der Waals surface area contributed by atoms with Gasteiger partial charge in [-0.2, -0.15) is 10.4 Å². The number of nitriles is 1. The Balaban J connectivity index is 1.84. The molecule has 0 saturated carbocycles. The number of halogens is 1. The molecule has 11 heteroatoms. The van der Waals surface area contributed by atoms with Crippen molar-refractivity contribution in [2.75, 3.05) is 19.1 Å². The molecule has 200 valence electrons. The van der Waals surface area contributed by atoms with Gasteiger partial charge in [-0.05, 0) is 24.6 Å². The maximum absolute atomic E-state index is 15.3. The van der Waals surface area contributed by atoms with Crippen molar-refractivity contribution in [1.82, 2.24) is 9.78 Å². The zero-order chi connectivity index (χ0) is 28.3. The van der Waals surface area contributed by atoms with Crippen LogP contribution in [0.15, 0.2) is 77.4 Å². The standard InChI is InChI=1S/C28H26FN5O5/c1-16-18(14-32-33(16)2)15-39-22-11-10-19(12-21(22)29)34-25(28(36)38-4)24(27(35)37-3)23(20(13-30)26(34)31)17-8-6-5-7-9-17/h5-12,14,23H,15,31H2,1-4H3. The second kappa shape index (κ2) is 11.1. The van der Waals surface area contributed by atoms with E-state index < -0.39 is 23.7 Å². The van der Waals surface area contributed by atoms with E-state index in [1.165, 1.54) is 12.1 Å². The van der Waals surface area contributed by atoms with E-state index in [4.69, 9.17) is 19.9 Å². The van der Waals surface area contributed by atoms with Crippen molar-refractivity contribution in [3.8, 4) is 11.8 Å². The van der Waals surface area contributed by atoms with Crippen LogP contribution >= 0.6 is 0 Å². The Kier molecular flexibility index (Phi) is 7.67. The summed E-state index contributed by atoms with van der Waals surface area (Å²) < 4.78 is 32.6. The molecule has 1 aromatic heterocycles. The molecule has 39 heavy (non-hydrogen) atoms. The Bertz CT molecular complexity index is 1540. The number of carbonyl (C=O) groups is 2. The van der Waals surface area contributed by atoms with Gasteiger partial charge in [0.1, 0.15) is 18.1 Å². The van der Waals surface area contributed by atoms with Gasteiger partial charge >= 0.3 is 11.9 Å². The number of nitrogens with two attached hydrogens (primary N) is 1. The van der Waals surface area contributed by atoms with Crippen LogP contribution in [0, 0.1) is 24.1 Å². The highest BCUT2D eigenvalue weighted by Gasteiger charge is 2.43. The number of methoxy groups -OCH3 is 2. The highest BCUT2D eigenvalue weighted by atomic mass is 19.1. The van der Waals surface area contributed by atoms with E-state index in [1.807, 2.05) is 6.92 Å². The maximum atomic E-state index is 15.3. The third kappa shape index (κ3) is 4.92. The molecule has 1 aliphatic heterocycles. The summed E-state index contributed by atoms with van der Waals surface area (Å²) in [5.74, 6) is -3.80. The number of rotatable bonds is 7. The number of hydrogen-bond acceptors (Lipinski definition) is 9. The lowest BCUT2D eigenvalue weighted by Gasteiger charge is -2.35. The average Bonchev–Trinajstić information content (AvgIpc) is 3.27. The van der Waals surface area contributed by atoms with Crippen molar-refractivity contribution in [2.24, 2.45) is 12.8 Å². The normalized spacial score (nSPS) is 15.2. The molecule has 10 nitrogen and oxygen atoms in total. The van der Waals surface area contributed by atoms with Gasteiger partial charge in [0, 0.05) is 24.4 Å². The molecule has 0 fully saturated rings. The predicted molar refractivity (Wildman–Crippen MR) is 138 cm³/mol. The van der Waals surface area contributed by atoms with Crippen LogP contribution in [-0.2, 0) is 32.7 Å². The van der Waals surface area contributed by atoms with Gasteiger partial charge < -0.3 is 19.9 Å². The number of aromatic nitrogens is 2. The zero-order valence-corrected chi connectivity index (χ0v) is 21.8. The van der Waals surface area contributed by atoms with Crippen molar-refractivity contribution in [3.63, 3.8) is 0 Å². The highest BCUT2D eigenvalue weighted by molar-refractivity contribution is 6.06. The zero-order valence-electron chi connectivity index (χ0n) is 21.8. The summed E-state index contributed by atoms with van der Waals surface area (Å²) >= 11 is 0. The molecule has 2 heterocycles. The van der Waals surface area contributed by atoms with E-state index in [9.17, 15) is 14.9 Å². The molecule has 0 radical (unpaired) electrons. The van der Waals surface area contributed by atoms with Crippen LogP contribution < -0.4 is 15.4 Å². The second-order valence-electron chi connectivity index (χ2n) is 8.62. The van der Waals surface area contributed by atoms with E-state index in [1.54, 1.807) is 48.3 Å². The lowest BCUT2D eigenvalue weighted by Crippen LogP contribution is -2.40. The number of allylic oxidation sites excluding steroid dienone is 1. The minimum atomic E-state index is -1.02. The van der Waals surface area contributed by atoms with Gasteiger partial charge in [-0.3, -0.25) is 9.58 Å². The number of aryl methyl sites for hydroxylation is 1. The van der Waals surface area contributed by atoms with E-state index in [2.05, 4.69) is 11.2 Å². The van der Waals surface area contributed by atoms with Crippen LogP contribution in [0.1, 0.15) is 22.7 Å². The van der Waals surface area contributed by atoms with Crippen LogP contribution in [0.25, 0.3) is 0 Å². The summed E-state index contributed by atoms with van der Waals surface area (Å²) in [7, 11) is 4.08. The molecule has 1 aliphatic rings. The van der Waals surface area contributed by atoms with E-state index in [0.29, 0.717) is 5.56 Å². The average molecular weight is 532 g/mol. The van der Waals surface area contributed by atoms with Gasteiger partial charge in [0.25, 0.3) is 0 Å². The summed E-state index contributed by atoms with van der Waals surface area (Å²) in [6.07, 6.45) is 1.63. The minimum Gasteiger partial charge on any atom is -0.486 e. The number of hydrogen-bond donors (Lipinski definition) is 1. The summed E-state index contributed by atoms with van der Waals surface area (Å²) in [4.78, 5) is 27.4. The smallest absolute Gasteiger partial charge is 0.355 e. The van der Waals surface area contributed by atoms with Crippen LogP contribution in [0.5, 0.6) is 5.75 Å². The first-order chi connectivity index (χ1) is 18.7. The van der Waals surface area contributed by atoms with Crippen molar-refractivity contribution < 1.29 is 28.2 Å². The number of esters is 2. The van der Waals surface area contributed by atoms with E-state index >= 15 is 4.39 Å². The number of benzene rings is 2. The summed E-state index contributed by atoms with van der Waals surface area (Å²) in [6.45, 7) is 1.95. The van der Waals surface area contributed by atoms with Crippen LogP contribution in [-0.4, -0.2) is 35.9 Å². The SMILES string of the molecule is COC(=O)C1=C(C(=O)OC)N(c2ccc(OCc3cnn(C)c3C)c(F)c2)C(N)=C(C#N)C1c1ccccc1. The van der Waals surface area contributed by atoms with Gasteiger partial charge in [-0.15, -0.1) is 0 Å². The molecule has 0 bridgehead atoms. The molecule has 0 aliphatic carbocycles. The van der Waals surface area contributed by atoms with E-state index in [0.717, 1.165) is 36.4 Å². The molecule has 2 aromatic carbocycles. The quantitative estimate of drug-likeness (QED) is 0.456. The van der Waals surface area contributed by atoms with Gasteiger partial charge in [0.15, 0.2) is 11.6 Å².